The van der Waals surface area contributed by atoms with Gasteiger partial charge in [0.15, 0.2) is 0 Å². The van der Waals surface area contributed by atoms with Crippen LogP contribution in [0.1, 0.15) is 71.1 Å². The molecule has 0 bridgehead atoms. The second-order valence-corrected chi connectivity index (χ2v) is 7.10. The van der Waals surface area contributed by atoms with Crippen molar-refractivity contribution < 1.29 is 33.5 Å². The zero-order chi connectivity index (χ0) is 23.5. The van der Waals surface area contributed by atoms with Gasteiger partial charge in [-0.2, -0.15) is 9.58 Å². The molecule has 0 rings (SSSR count). The topological polar surface area (TPSA) is 188 Å². The van der Waals surface area contributed by atoms with E-state index < -0.39 is 35.5 Å². The molecule has 0 unspecified atom stereocenters. The molecule has 0 aliphatic carbocycles. The Morgan fingerprint density at radius 2 is 1.48 bits per heavy atom. The van der Waals surface area contributed by atoms with Crippen molar-refractivity contribution in [2.45, 2.75) is 83.2 Å². The van der Waals surface area contributed by atoms with E-state index in [0.29, 0.717) is 18.9 Å². The van der Waals surface area contributed by atoms with Crippen molar-refractivity contribution >= 4 is 35.9 Å². The Bertz CT molecular complexity index is 698. The van der Waals surface area contributed by atoms with Gasteiger partial charge in [-0.25, -0.2) is 4.79 Å². The van der Waals surface area contributed by atoms with Crippen molar-refractivity contribution in [2.75, 3.05) is 6.61 Å². The van der Waals surface area contributed by atoms with Gasteiger partial charge in [0.25, 0.3) is 0 Å². The van der Waals surface area contributed by atoms with Crippen LogP contribution in [0, 0.1) is 0 Å². The largest absolute Gasteiger partial charge is 0.464 e. The Labute approximate surface area is 181 Å². The van der Waals surface area contributed by atoms with E-state index in [0.717, 1.165) is 32.1 Å². The van der Waals surface area contributed by atoms with Crippen LogP contribution >= 0.6 is 0 Å². The Morgan fingerprint density at radius 3 is 2.06 bits per heavy atom. The van der Waals surface area contributed by atoms with E-state index in [2.05, 4.69) is 21.8 Å². The molecular formula is C20H32N6O5. The number of nitrogens with zero attached hydrogens (tertiary/aromatic N) is 4. The zero-order valence-corrected chi connectivity index (χ0v) is 18.0. The van der Waals surface area contributed by atoms with Gasteiger partial charge >= 0.3 is 18.4 Å². The number of rotatable bonds is 18. The van der Waals surface area contributed by atoms with E-state index in [1.54, 1.807) is 0 Å². The van der Waals surface area contributed by atoms with Gasteiger partial charge in [-0.3, -0.25) is 14.4 Å². The molecule has 0 saturated carbocycles. The van der Waals surface area contributed by atoms with E-state index in [1.165, 1.54) is 0 Å². The molecule has 0 spiro atoms. The van der Waals surface area contributed by atoms with E-state index in [1.807, 2.05) is 0 Å². The lowest BCUT2D eigenvalue weighted by atomic mass is 10.1. The molecule has 172 valence electrons. The van der Waals surface area contributed by atoms with Crippen LogP contribution in [0.3, 0.4) is 0 Å². The highest BCUT2D eigenvalue weighted by molar-refractivity contribution is 6.25. The quantitative estimate of drug-likeness (QED) is 0.106. The highest BCUT2D eigenvalue weighted by Gasteiger charge is 2.26. The monoisotopic (exact) mass is 436 g/mol. The van der Waals surface area contributed by atoms with Crippen molar-refractivity contribution in [2.24, 2.45) is 5.73 Å². The molecule has 0 radical (unpaired) electrons. The van der Waals surface area contributed by atoms with Gasteiger partial charge in [-0.1, -0.05) is 39.0 Å². The van der Waals surface area contributed by atoms with E-state index in [4.69, 9.17) is 21.5 Å². The summed E-state index contributed by atoms with van der Waals surface area (Å²) in [5.74, 6) is -2.40. The molecule has 3 N–H and O–H groups in total. The summed E-state index contributed by atoms with van der Waals surface area (Å²) < 4.78 is 5.23. The van der Waals surface area contributed by atoms with Crippen LogP contribution in [0.5, 0.6) is 0 Å². The molecule has 0 fully saturated rings. The van der Waals surface area contributed by atoms with Gasteiger partial charge in [0, 0.05) is 12.8 Å². The molecular weight excluding hydrogens is 404 g/mol. The molecule has 0 heterocycles. The molecule has 0 saturated heterocycles. The van der Waals surface area contributed by atoms with E-state index in [-0.39, 0.29) is 32.3 Å². The molecule has 0 aliphatic rings. The Balaban J connectivity index is 4.72. The van der Waals surface area contributed by atoms with Crippen molar-refractivity contribution in [3.05, 3.63) is 11.1 Å². The van der Waals surface area contributed by atoms with Gasteiger partial charge in [0.2, 0.25) is 17.5 Å². The molecule has 0 aromatic heterocycles. The standard InChI is InChI=1S/C20H32N6O5/c1-2-3-4-5-6-7-12-31-20(30)18(11-9-16(28)14-25-23)26-19(29)17(21)10-8-15(27)13-24-22/h13-14,17-18H,2-12,21H2,1H3,(H,26,29)/t17-,18-/m0/s1. The lowest BCUT2D eigenvalue weighted by Gasteiger charge is -2.19. The van der Waals surface area contributed by atoms with Gasteiger partial charge in [-0.05, 0) is 19.3 Å². The van der Waals surface area contributed by atoms with Crippen molar-refractivity contribution in [1.82, 2.24) is 5.32 Å². The predicted molar refractivity (Wildman–Crippen MR) is 112 cm³/mol. The number of Topliss-reactive ketones (excluding diaryl/α,β-unsaturated/α-hetero) is 2. The minimum absolute atomic E-state index is 0.0215. The molecule has 2 atom stereocenters. The average molecular weight is 437 g/mol. The predicted octanol–water partition coefficient (Wildman–Crippen LogP) is 1.00. The maximum absolute atomic E-state index is 12.4. The number of carbonyl (C=O) groups excluding carboxylic acids is 4. The van der Waals surface area contributed by atoms with Crippen LogP contribution in [0.2, 0.25) is 0 Å². The first-order valence-electron chi connectivity index (χ1n) is 10.5. The summed E-state index contributed by atoms with van der Waals surface area (Å²) in [7, 11) is 0. The summed E-state index contributed by atoms with van der Waals surface area (Å²) in [4.78, 5) is 52.8. The number of hydrogen-bond donors (Lipinski definition) is 2. The fourth-order valence-corrected chi connectivity index (χ4v) is 2.66. The van der Waals surface area contributed by atoms with Crippen molar-refractivity contribution in [3.8, 4) is 0 Å². The number of amides is 1. The fraction of sp³-hybridized carbons (Fsp3) is 0.700. The first-order chi connectivity index (χ1) is 14.8. The Kier molecular flexibility index (Phi) is 16.1. The zero-order valence-electron chi connectivity index (χ0n) is 18.0. The smallest absolute Gasteiger partial charge is 0.328 e. The van der Waals surface area contributed by atoms with E-state index in [9.17, 15) is 19.2 Å². The molecule has 31 heavy (non-hydrogen) atoms. The molecule has 0 aromatic carbocycles. The second kappa shape index (κ2) is 17.8. The Hall–Kier alpha value is -3.00. The SMILES string of the molecule is CCCCCCCCOC(=O)[C@H](CCC(=O)C=[N+]=[N-])NC(=O)[C@@H](N)CCC(=O)C=[N+]=[N-]. The van der Waals surface area contributed by atoms with Crippen LogP contribution in [0.4, 0.5) is 0 Å². The van der Waals surface area contributed by atoms with Gasteiger partial charge in [0.1, 0.15) is 6.04 Å². The third-order valence-corrected chi connectivity index (χ3v) is 4.46. The van der Waals surface area contributed by atoms with Crippen molar-refractivity contribution in [3.63, 3.8) is 0 Å². The van der Waals surface area contributed by atoms with Crippen LogP contribution in [0.25, 0.3) is 11.1 Å². The van der Waals surface area contributed by atoms with Crippen LogP contribution in [-0.2, 0) is 23.9 Å². The highest BCUT2D eigenvalue weighted by atomic mass is 16.5. The molecule has 0 aliphatic heterocycles. The van der Waals surface area contributed by atoms with Crippen molar-refractivity contribution in [1.29, 1.82) is 0 Å². The summed E-state index contributed by atoms with van der Waals surface area (Å²) in [6, 6.07) is -2.19. The van der Waals surface area contributed by atoms with Crippen LogP contribution < -0.4 is 11.1 Å². The van der Waals surface area contributed by atoms with Gasteiger partial charge in [-0.15, -0.1) is 0 Å². The summed E-state index contributed by atoms with van der Waals surface area (Å²) >= 11 is 0. The number of carbonyl (C=O) groups is 4. The molecule has 1 amide bonds. The number of nitrogens with one attached hydrogen (secondary N) is 1. The summed E-state index contributed by atoms with van der Waals surface area (Å²) in [6.07, 6.45) is 7.17. The lowest BCUT2D eigenvalue weighted by Crippen LogP contribution is -2.49. The van der Waals surface area contributed by atoms with Gasteiger partial charge < -0.3 is 26.8 Å². The maximum Gasteiger partial charge on any atom is 0.328 e. The minimum Gasteiger partial charge on any atom is -0.464 e. The number of hydrogen-bond acceptors (Lipinski definition) is 6. The van der Waals surface area contributed by atoms with E-state index >= 15 is 0 Å². The summed E-state index contributed by atoms with van der Waals surface area (Å²) in [5.41, 5.74) is 22.5. The summed E-state index contributed by atoms with van der Waals surface area (Å²) in [6.45, 7) is 2.32. The first kappa shape index (κ1) is 28.0. The summed E-state index contributed by atoms with van der Waals surface area (Å²) in [5, 5.41) is 2.45. The molecule has 11 nitrogen and oxygen atoms in total. The second-order valence-electron chi connectivity index (χ2n) is 7.10. The molecule has 0 aromatic rings. The highest BCUT2D eigenvalue weighted by Crippen LogP contribution is 2.07. The third kappa shape index (κ3) is 14.6. The van der Waals surface area contributed by atoms with Gasteiger partial charge in [0.05, 0.1) is 12.6 Å². The number of ketones is 2. The normalized spacial score (nSPS) is 11.9. The first-order valence-corrected chi connectivity index (χ1v) is 10.5. The molecule has 11 heteroatoms. The average Bonchev–Trinajstić information content (AvgIpc) is 2.74. The third-order valence-electron chi connectivity index (χ3n) is 4.46. The number of ether oxygens (including phenoxy) is 1. The lowest BCUT2D eigenvalue weighted by molar-refractivity contribution is -0.148. The van der Waals surface area contributed by atoms with Crippen LogP contribution in [0.15, 0.2) is 0 Å². The number of esters is 1. The Morgan fingerprint density at radius 1 is 0.935 bits per heavy atom. The number of unbranched alkanes of at least 4 members (excludes halogenated alkanes) is 5. The minimum atomic E-state index is -1.11. The maximum atomic E-state index is 12.4. The van der Waals surface area contributed by atoms with Crippen LogP contribution in [-0.4, -0.2) is 64.1 Å². The fourth-order valence-electron chi connectivity index (χ4n) is 2.66. The number of nitrogens with two attached hydrogens (primary N) is 1.